The van der Waals surface area contributed by atoms with Crippen molar-refractivity contribution in [2.45, 2.75) is 32.3 Å². The van der Waals surface area contributed by atoms with E-state index in [2.05, 4.69) is 0 Å². The fourth-order valence-corrected chi connectivity index (χ4v) is 4.59. The number of anilines is 1. The number of nitrogens with zero attached hydrogens (tertiary/aromatic N) is 2. The summed E-state index contributed by atoms with van der Waals surface area (Å²) in [5.41, 5.74) is 0.446. The van der Waals surface area contributed by atoms with Gasteiger partial charge in [0, 0.05) is 26.1 Å². The molecule has 1 unspecified atom stereocenters. The van der Waals surface area contributed by atoms with E-state index in [1.807, 2.05) is 0 Å². The molecule has 1 fully saturated rings. The number of esters is 1. The van der Waals surface area contributed by atoms with E-state index >= 15 is 0 Å². The number of para-hydroxylation sites is 2. The number of hydrogen-bond donors (Lipinski definition) is 0. The lowest BCUT2D eigenvalue weighted by molar-refractivity contribution is -0.152. The van der Waals surface area contributed by atoms with Crippen molar-refractivity contribution >= 4 is 27.6 Å². The summed E-state index contributed by atoms with van der Waals surface area (Å²) in [5.74, 6) is -0.184. The molecular weight excluding hydrogens is 384 g/mol. The fraction of sp³-hybridized carbons (Fsp3) is 0.579. The van der Waals surface area contributed by atoms with Crippen LogP contribution < -0.4 is 9.04 Å². The first kappa shape index (κ1) is 20.4. The molecule has 0 N–H and O–H groups in total. The molecule has 0 radical (unpaired) electrons. The van der Waals surface area contributed by atoms with E-state index in [9.17, 15) is 18.0 Å². The Balaban J connectivity index is 1.70. The highest BCUT2D eigenvalue weighted by Crippen LogP contribution is 2.34. The number of sulfonamides is 1. The van der Waals surface area contributed by atoms with E-state index in [-0.39, 0.29) is 30.8 Å². The first-order valence-electron chi connectivity index (χ1n) is 9.50. The Bertz CT molecular complexity index is 833. The van der Waals surface area contributed by atoms with Crippen molar-refractivity contribution < 1.29 is 27.5 Å². The van der Waals surface area contributed by atoms with Crippen molar-refractivity contribution in [1.82, 2.24) is 4.90 Å². The van der Waals surface area contributed by atoms with E-state index in [1.165, 1.54) is 4.31 Å². The number of amides is 1. The second-order valence-corrected chi connectivity index (χ2v) is 8.96. The van der Waals surface area contributed by atoms with Crippen molar-refractivity contribution in [3.8, 4) is 5.75 Å². The maximum atomic E-state index is 13.0. The van der Waals surface area contributed by atoms with Crippen molar-refractivity contribution in [3.63, 3.8) is 0 Å². The zero-order valence-corrected chi connectivity index (χ0v) is 17.0. The smallest absolute Gasteiger partial charge is 0.309 e. The Kier molecular flexibility index (Phi) is 6.12. The highest BCUT2D eigenvalue weighted by Gasteiger charge is 2.35. The van der Waals surface area contributed by atoms with E-state index in [0.717, 1.165) is 6.26 Å². The molecule has 154 valence electrons. The van der Waals surface area contributed by atoms with Crippen LogP contribution in [0.1, 0.15) is 26.2 Å². The topological polar surface area (TPSA) is 93.2 Å². The summed E-state index contributed by atoms with van der Waals surface area (Å²) in [4.78, 5) is 26.6. The van der Waals surface area contributed by atoms with Gasteiger partial charge in [-0.05, 0) is 31.9 Å². The minimum Gasteiger partial charge on any atom is -0.478 e. The molecule has 0 saturated carbocycles. The number of piperidine rings is 1. The third kappa shape index (κ3) is 4.40. The van der Waals surface area contributed by atoms with Crippen LogP contribution in [-0.4, -0.2) is 63.8 Å². The van der Waals surface area contributed by atoms with Gasteiger partial charge in [-0.1, -0.05) is 12.1 Å². The molecule has 28 heavy (non-hydrogen) atoms. The number of carbonyl (C=O) groups excluding carboxylic acids is 2. The van der Waals surface area contributed by atoms with Gasteiger partial charge < -0.3 is 14.4 Å². The second-order valence-electron chi connectivity index (χ2n) is 7.05. The third-order valence-electron chi connectivity index (χ3n) is 5.10. The predicted octanol–water partition coefficient (Wildman–Crippen LogP) is 1.41. The Labute approximate surface area is 165 Å². The van der Waals surface area contributed by atoms with Crippen LogP contribution in [0.4, 0.5) is 5.69 Å². The Hall–Kier alpha value is -2.29. The van der Waals surface area contributed by atoms with Crippen LogP contribution in [0, 0.1) is 5.92 Å². The van der Waals surface area contributed by atoms with Crippen molar-refractivity contribution in [1.29, 1.82) is 0 Å². The molecule has 8 nitrogen and oxygen atoms in total. The van der Waals surface area contributed by atoms with Crippen molar-refractivity contribution in [3.05, 3.63) is 24.3 Å². The lowest BCUT2D eigenvalue weighted by atomic mass is 9.96. The van der Waals surface area contributed by atoms with E-state index < -0.39 is 16.1 Å². The van der Waals surface area contributed by atoms with Gasteiger partial charge in [0.1, 0.15) is 5.75 Å². The zero-order chi connectivity index (χ0) is 20.3. The van der Waals surface area contributed by atoms with Crippen molar-refractivity contribution in [2.75, 3.05) is 36.8 Å². The minimum atomic E-state index is -3.48. The monoisotopic (exact) mass is 410 g/mol. The van der Waals surface area contributed by atoms with Gasteiger partial charge in [-0.3, -0.25) is 13.9 Å². The summed E-state index contributed by atoms with van der Waals surface area (Å²) in [6, 6.07) is 6.83. The summed E-state index contributed by atoms with van der Waals surface area (Å²) < 4.78 is 36.6. The van der Waals surface area contributed by atoms with Crippen LogP contribution >= 0.6 is 0 Å². The van der Waals surface area contributed by atoms with E-state index in [0.29, 0.717) is 44.0 Å². The lowest BCUT2D eigenvalue weighted by Gasteiger charge is -2.33. The summed E-state index contributed by atoms with van der Waals surface area (Å²) in [7, 11) is -3.48. The average molecular weight is 410 g/mol. The maximum absolute atomic E-state index is 13.0. The molecule has 9 heteroatoms. The Morgan fingerprint density at radius 1 is 1.14 bits per heavy atom. The molecule has 1 amide bonds. The predicted molar refractivity (Wildman–Crippen MR) is 104 cm³/mol. The standard InChI is InChI=1S/C19H26N2O6S/c1-3-26-19(23)14-8-11-20(12-9-14)18(22)17-10-13-21(28(2,24)25)15-6-4-5-7-16(15)27-17/h4-7,14,17H,3,8-13H2,1-2H3. The molecule has 0 spiro atoms. The number of hydrogen-bond acceptors (Lipinski definition) is 6. The molecular formula is C19H26N2O6S. The maximum Gasteiger partial charge on any atom is 0.309 e. The molecule has 1 aromatic carbocycles. The van der Waals surface area contributed by atoms with Crippen LogP contribution in [-0.2, 0) is 24.3 Å². The molecule has 0 aliphatic carbocycles. The summed E-state index contributed by atoms with van der Waals surface area (Å²) in [5, 5.41) is 0. The Morgan fingerprint density at radius 3 is 2.46 bits per heavy atom. The largest absolute Gasteiger partial charge is 0.478 e. The normalized spacial score (nSPS) is 20.7. The molecule has 1 atom stereocenters. The molecule has 1 aromatic rings. The lowest BCUT2D eigenvalue weighted by Crippen LogP contribution is -2.47. The number of benzene rings is 1. The number of fused-ring (bicyclic) bond motifs is 1. The van der Waals surface area contributed by atoms with Gasteiger partial charge in [0.15, 0.2) is 6.10 Å². The highest BCUT2D eigenvalue weighted by atomic mass is 32.2. The number of carbonyl (C=O) groups is 2. The van der Waals surface area contributed by atoms with Gasteiger partial charge in [-0.25, -0.2) is 8.42 Å². The molecule has 3 rings (SSSR count). The summed E-state index contributed by atoms with van der Waals surface area (Å²) >= 11 is 0. The van der Waals surface area contributed by atoms with E-state index in [1.54, 1.807) is 36.1 Å². The fourth-order valence-electron chi connectivity index (χ4n) is 3.65. The van der Waals surface area contributed by atoms with Gasteiger partial charge in [0.2, 0.25) is 10.0 Å². The molecule has 2 heterocycles. The quantitative estimate of drug-likeness (QED) is 0.697. The van der Waals surface area contributed by atoms with Crippen LogP contribution in [0.5, 0.6) is 5.75 Å². The SMILES string of the molecule is CCOC(=O)C1CCN(C(=O)C2CCN(S(C)(=O)=O)c3ccccc3O2)CC1. The van der Waals surface area contributed by atoms with Gasteiger partial charge in [0.25, 0.3) is 5.91 Å². The Morgan fingerprint density at radius 2 is 1.82 bits per heavy atom. The first-order valence-corrected chi connectivity index (χ1v) is 11.3. The average Bonchev–Trinajstić information content (AvgIpc) is 2.87. The first-order chi connectivity index (χ1) is 13.3. The molecule has 2 aliphatic rings. The van der Waals surface area contributed by atoms with Gasteiger partial charge in [-0.2, -0.15) is 0 Å². The molecule has 2 aliphatic heterocycles. The highest BCUT2D eigenvalue weighted by molar-refractivity contribution is 7.92. The van der Waals surface area contributed by atoms with Gasteiger partial charge >= 0.3 is 5.97 Å². The number of likely N-dealkylation sites (tertiary alicyclic amines) is 1. The minimum absolute atomic E-state index is 0.172. The van der Waals surface area contributed by atoms with Crippen LogP contribution in [0.3, 0.4) is 0 Å². The van der Waals surface area contributed by atoms with Crippen LogP contribution in [0.15, 0.2) is 24.3 Å². The van der Waals surface area contributed by atoms with Gasteiger partial charge in [0.05, 0.1) is 24.5 Å². The zero-order valence-electron chi connectivity index (χ0n) is 16.2. The van der Waals surface area contributed by atoms with Crippen LogP contribution in [0.25, 0.3) is 0 Å². The summed E-state index contributed by atoms with van der Waals surface area (Å²) in [6.07, 6.45) is 1.77. The number of rotatable bonds is 4. The van der Waals surface area contributed by atoms with Crippen molar-refractivity contribution in [2.24, 2.45) is 5.92 Å². The molecule has 0 bridgehead atoms. The summed E-state index contributed by atoms with van der Waals surface area (Å²) in [6.45, 7) is 3.21. The second kappa shape index (κ2) is 8.38. The van der Waals surface area contributed by atoms with Gasteiger partial charge in [-0.15, -0.1) is 0 Å². The molecule has 0 aromatic heterocycles. The third-order valence-corrected chi connectivity index (χ3v) is 6.28. The van der Waals surface area contributed by atoms with Crippen LogP contribution in [0.2, 0.25) is 0 Å². The number of ether oxygens (including phenoxy) is 2. The molecule has 1 saturated heterocycles. The van der Waals surface area contributed by atoms with E-state index in [4.69, 9.17) is 9.47 Å².